The van der Waals surface area contributed by atoms with Gasteiger partial charge in [-0.3, -0.25) is 9.59 Å². The van der Waals surface area contributed by atoms with E-state index < -0.39 is 0 Å². The normalized spacial score (nSPS) is 15.4. The van der Waals surface area contributed by atoms with Crippen LogP contribution in [0, 0.1) is 0 Å². The number of carbonyl (C=O) groups is 1. The summed E-state index contributed by atoms with van der Waals surface area (Å²) in [6, 6.07) is 14.8. The fourth-order valence-corrected chi connectivity index (χ4v) is 3.82. The van der Waals surface area contributed by atoms with Gasteiger partial charge in [-0.2, -0.15) is 5.10 Å². The second kappa shape index (κ2) is 6.60. The summed E-state index contributed by atoms with van der Waals surface area (Å²) in [4.78, 5) is 31.3. The Morgan fingerprint density at radius 3 is 2.54 bits per heavy atom. The van der Waals surface area contributed by atoms with Gasteiger partial charge in [0.1, 0.15) is 5.52 Å². The zero-order valence-corrected chi connectivity index (χ0v) is 15.1. The van der Waals surface area contributed by atoms with Crippen molar-refractivity contribution in [2.24, 2.45) is 0 Å². The largest absolute Gasteiger partial charge is 0.440 e. The number of benzene rings is 2. The number of H-pyrrole nitrogens is 1. The minimum atomic E-state index is -0.290. The number of hydrogen-bond acceptors (Lipinski definition) is 5. The van der Waals surface area contributed by atoms with Crippen LogP contribution < -0.4 is 5.56 Å². The summed E-state index contributed by atoms with van der Waals surface area (Å²) in [6.45, 7) is 1.19. The van der Waals surface area contributed by atoms with Crippen molar-refractivity contribution in [2.45, 2.75) is 18.8 Å². The molecule has 1 amide bonds. The molecule has 0 radical (unpaired) electrons. The number of aromatic nitrogens is 3. The molecule has 1 N–H and O–H groups in total. The summed E-state index contributed by atoms with van der Waals surface area (Å²) >= 11 is 0. The Kier molecular flexibility index (Phi) is 3.93. The molecule has 0 atom stereocenters. The molecule has 28 heavy (non-hydrogen) atoms. The zero-order chi connectivity index (χ0) is 19.1. The number of nitrogens with zero attached hydrogens (tertiary/aromatic N) is 3. The predicted molar refractivity (Wildman–Crippen MR) is 104 cm³/mol. The lowest BCUT2D eigenvalue weighted by atomic mass is 9.96. The van der Waals surface area contributed by atoms with Crippen LogP contribution in [0.1, 0.15) is 35.1 Å². The first-order chi connectivity index (χ1) is 13.7. The van der Waals surface area contributed by atoms with E-state index in [0.29, 0.717) is 23.9 Å². The van der Waals surface area contributed by atoms with E-state index in [1.54, 1.807) is 29.2 Å². The van der Waals surface area contributed by atoms with Crippen molar-refractivity contribution in [2.75, 3.05) is 13.1 Å². The Labute approximate surface area is 160 Å². The molecule has 1 aliphatic heterocycles. The number of likely N-dealkylation sites (tertiary alicyclic amines) is 1. The van der Waals surface area contributed by atoms with Gasteiger partial charge in [0.15, 0.2) is 17.2 Å². The summed E-state index contributed by atoms with van der Waals surface area (Å²) in [7, 11) is 0. The Bertz CT molecular complexity index is 1200. The van der Waals surface area contributed by atoms with Crippen LogP contribution in [-0.4, -0.2) is 39.1 Å². The lowest BCUT2D eigenvalue weighted by Gasteiger charge is -2.30. The van der Waals surface area contributed by atoms with Gasteiger partial charge < -0.3 is 9.32 Å². The maximum absolute atomic E-state index is 13.0. The quantitative estimate of drug-likeness (QED) is 0.582. The van der Waals surface area contributed by atoms with E-state index in [1.165, 1.54) is 0 Å². The molecular weight excluding hydrogens is 356 g/mol. The van der Waals surface area contributed by atoms with E-state index in [4.69, 9.17) is 4.42 Å². The first-order valence-corrected chi connectivity index (χ1v) is 9.33. The Hall–Kier alpha value is -3.48. The van der Waals surface area contributed by atoms with Crippen LogP contribution in [0.5, 0.6) is 0 Å². The lowest BCUT2D eigenvalue weighted by molar-refractivity contribution is 0.0702. The Morgan fingerprint density at radius 2 is 1.75 bits per heavy atom. The van der Waals surface area contributed by atoms with E-state index in [1.807, 2.05) is 24.3 Å². The van der Waals surface area contributed by atoms with Crippen molar-refractivity contribution >= 4 is 27.8 Å². The third-order valence-corrected chi connectivity index (χ3v) is 5.34. The van der Waals surface area contributed by atoms with Gasteiger partial charge in [0.2, 0.25) is 0 Å². The van der Waals surface area contributed by atoms with Crippen LogP contribution in [0.4, 0.5) is 0 Å². The number of piperidine rings is 1. The summed E-state index contributed by atoms with van der Waals surface area (Å²) in [6.07, 6.45) is 1.56. The molecule has 7 nitrogen and oxygen atoms in total. The Morgan fingerprint density at radius 1 is 1.04 bits per heavy atom. The summed E-state index contributed by atoms with van der Waals surface area (Å²) < 4.78 is 5.89. The highest BCUT2D eigenvalue weighted by atomic mass is 16.3. The number of para-hydroxylation sites is 2. The van der Waals surface area contributed by atoms with Gasteiger partial charge in [-0.15, -0.1) is 0 Å². The molecule has 1 fully saturated rings. The third kappa shape index (κ3) is 2.76. The highest BCUT2D eigenvalue weighted by molar-refractivity contribution is 6.04. The van der Waals surface area contributed by atoms with Crippen molar-refractivity contribution < 1.29 is 9.21 Å². The van der Waals surface area contributed by atoms with Crippen molar-refractivity contribution in [3.05, 3.63) is 70.5 Å². The van der Waals surface area contributed by atoms with Crippen molar-refractivity contribution in [1.29, 1.82) is 0 Å². The molecule has 5 rings (SSSR count). The number of rotatable bonds is 2. The van der Waals surface area contributed by atoms with Gasteiger partial charge in [0.25, 0.3) is 11.5 Å². The summed E-state index contributed by atoms with van der Waals surface area (Å²) in [5.41, 5.74) is 1.65. The molecule has 140 valence electrons. The van der Waals surface area contributed by atoms with Crippen LogP contribution >= 0.6 is 0 Å². The van der Waals surface area contributed by atoms with Gasteiger partial charge in [-0.25, -0.2) is 10.1 Å². The topological polar surface area (TPSA) is 92.1 Å². The van der Waals surface area contributed by atoms with E-state index in [2.05, 4.69) is 15.2 Å². The molecule has 4 aromatic rings. The monoisotopic (exact) mass is 374 g/mol. The van der Waals surface area contributed by atoms with Crippen molar-refractivity contribution in [3.63, 3.8) is 0 Å². The highest BCUT2D eigenvalue weighted by Gasteiger charge is 2.29. The van der Waals surface area contributed by atoms with E-state index in [0.717, 1.165) is 29.8 Å². The number of nitrogens with one attached hydrogen (secondary N) is 1. The van der Waals surface area contributed by atoms with E-state index in [-0.39, 0.29) is 23.1 Å². The maximum Gasteiger partial charge on any atom is 0.274 e. The van der Waals surface area contributed by atoms with Gasteiger partial charge >= 0.3 is 0 Å². The minimum Gasteiger partial charge on any atom is -0.440 e. The zero-order valence-electron chi connectivity index (χ0n) is 15.1. The molecule has 3 heterocycles. The van der Waals surface area contributed by atoms with Crippen LogP contribution in [-0.2, 0) is 0 Å². The molecule has 0 saturated carbocycles. The van der Waals surface area contributed by atoms with Crippen LogP contribution in [0.3, 0.4) is 0 Å². The second-order valence-corrected chi connectivity index (χ2v) is 7.03. The molecular formula is C21H18N4O3. The van der Waals surface area contributed by atoms with Crippen LogP contribution in [0.25, 0.3) is 21.9 Å². The predicted octanol–water partition coefficient (Wildman–Crippen LogP) is 3.08. The van der Waals surface area contributed by atoms with Crippen LogP contribution in [0.15, 0.2) is 57.7 Å². The smallest absolute Gasteiger partial charge is 0.274 e. The average molecular weight is 374 g/mol. The fourth-order valence-electron chi connectivity index (χ4n) is 3.82. The highest BCUT2D eigenvalue weighted by Crippen LogP contribution is 2.30. The van der Waals surface area contributed by atoms with E-state index >= 15 is 0 Å². The summed E-state index contributed by atoms with van der Waals surface area (Å²) in [5.74, 6) is 0.765. The maximum atomic E-state index is 13.0. The molecule has 2 aromatic heterocycles. The standard InChI is InChI=1S/C21H18N4O3/c26-19-15-6-2-1-5-14(15)18(23-24-19)21(27)25-11-9-13(10-12-25)20-22-16-7-3-4-8-17(16)28-20/h1-8,13H,9-12H2,(H,24,26). The summed E-state index contributed by atoms with van der Waals surface area (Å²) in [5, 5.41) is 7.52. The fraction of sp³-hybridized carbons (Fsp3) is 0.238. The molecule has 0 unspecified atom stereocenters. The second-order valence-electron chi connectivity index (χ2n) is 7.03. The van der Waals surface area contributed by atoms with Gasteiger partial charge in [0, 0.05) is 24.4 Å². The third-order valence-electron chi connectivity index (χ3n) is 5.34. The van der Waals surface area contributed by atoms with Gasteiger partial charge in [-0.1, -0.05) is 30.3 Å². The molecule has 1 saturated heterocycles. The minimum absolute atomic E-state index is 0.163. The molecule has 1 aliphatic rings. The molecule has 0 spiro atoms. The molecule has 7 heteroatoms. The van der Waals surface area contributed by atoms with Crippen LogP contribution in [0.2, 0.25) is 0 Å². The van der Waals surface area contributed by atoms with Crippen molar-refractivity contribution in [3.8, 4) is 0 Å². The van der Waals surface area contributed by atoms with Gasteiger partial charge in [0.05, 0.1) is 5.39 Å². The first kappa shape index (κ1) is 16.7. The average Bonchev–Trinajstić information content (AvgIpc) is 3.18. The lowest BCUT2D eigenvalue weighted by Crippen LogP contribution is -2.38. The number of oxazole rings is 1. The number of carbonyl (C=O) groups excluding carboxylic acids is 1. The van der Waals surface area contributed by atoms with Crippen molar-refractivity contribution in [1.82, 2.24) is 20.1 Å². The molecule has 0 aliphatic carbocycles. The molecule has 2 aromatic carbocycles. The number of hydrogen-bond donors (Lipinski definition) is 1. The van der Waals surface area contributed by atoms with E-state index in [9.17, 15) is 9.59 Å². The molecule has 0 bridgehead atoms. The Balaban J connectivity index is 1.36. The van der Waals surface area contributed by atoms with Gasteiger partial charge in [-0.05, 0) is 31.0 Å². The number of aromatic amines is 1. The number of amides is 1. The number of fused-ring (bicyclic) bond motifs is 2. The first-order valence-electron chi connectivity index (χ1n) is 9.33. The SMILES string of the molecule is O=C(c1n[nH]c(=O)c2ccccc12)N1CCC(c2nc3ccccc3o2)CC1.